The van der Waals surface area contributed by atoms with Crippen molar-refractivity contribution in [3.8, 4) is 11.5 Å². The number of carbonyl (C=O) groups is 1. The molecule has 0 unspecified atom stereocenters. The van der Waals surface area contributed by atoms with E-state index in [4.69, 9.17) is 9.47 Å². The van der Waals surface area contributed by atoms with Crippen LogP contribution in [0, 0.1) is 6.92 Å². The molecule has 0 fully saturated rings. The van der Waals surface area contributed by atoms with Crippen molar-refractivity contribution in [2.45, 2.75) is 13.8 Å². The van der Waals surface area contributed by atoms with Gasteiger partial charge in [0.2, 0.25) is 0 Å². The molecule has 0 atom stereocenters. The smallest absolute Gasteiger partial charge is 0.259 e. The minimum Gasteiger partial charge on any atom is -0.497 e. The number of ether oxygens (including phenoxy) is 2. The first-order valence-electron chi connectivity index (χ1n) is 8.10. The SMILES string of the molecule is COc1ccc(/C(C)=N/NC(=O)CNc2c(Br)cc(C)cc2Br)c(OC)c1. The van der Waals surface area contributed by atoms with Crippen LogP contribution in [0.25, 0.3) is 0 Å². The van der Waals surface area contributed by atoms with Crippen LogP contribution in [-0.2, 0) is 4.79 Å². The number of amides is 1. The van der Waals surface area contributed by atoms with Crippen molar-refractivity contribution < 1.29 is 14.3 Å². The third-order valence-corrected chi connectivity index (χ3v) is 5.01. The summed E-state index contributed by atoms with van der Waals surface area (Å²) in [6.07, 6.45) is 0. The normalized spacial score (nSPS) is 11.1. The fourth-order valence-corrected chi connectivity index (χ4v) is 4.08. The summed E-state index contributed by atoms with van der Waals surface area (Å²) in [5, 5.41) is 7.26. The molecule has 0 radical (unpaired) electrons. The molecule has 0 aliphatic heterocycles. The van der Waals surface area contributed by atoms with E-state index < -0.39 is 0 Å². The van der Waals surface area contributed by atoms with Gasteiger partial charge in [-0.25, -0.2) is 5.43 Å². The Morgan fingerprint density at radius 1 is 1.11 bits per heavy atom. The maximum Gasteiger partial charge on any atom is 0.259 e. The fourth-order valence-electron chi connectivity index (χ4n) is 2.38. The standard InChI is InChI=1S/C19H21Br2N3O3/c1-11-7-15(20)19(16(21)8-11)22-10-18(25)24-23-12(2)14-6-5-13(26-3)9-17(14)27-4/h5-9,22H,10H2,1-4H3,(H,24,25)/b23-12+. The fraction of sp³-hybridized carbons (Fsp3) is 0.263. The van der Waals surface area contributed by atoms with Crippen molar-refractivity contribution in [3.05, 3.63) is 50.4 Å². The number of rotatable bonds is 7. The van der Waals surface area contributed by atoms with Crippen LogP contribution in [-0.4, -0.2) is 32.4 Å². The van der Waals surface area contributed by atoms with Gasteiger partial charge >= 0.3 is 0 Å². The van der Waals surface area contributed by atoms with E-state index in [0.717, 1.165) is 25.8 Å². The lowest BCUT2D eigenvalue weighted by molar-refractivity contribution is -0.119. The van der Waals surface area contributed by atoms with Crippen LogP contribution in [0.4, 0.5) is 5.69 Å². The summed E-state index contributed by atoms with van der Waals surface area (Å²) in [5.41, 5.74) is 5.87. The third kappa shape index (κ3) is 5.71. The molecule has 2 rings (SSSR count). The number of hydrogen-bond donors (Lipinski definition) is 2. The molecule has 2 aromatic rings. The number of benzene rings is 2. The number of hydrogen-bond acceptors (Lipinski definition) is 5. The molecule has 0 aliphatic rings. The number of aryl methyl sites for hydroxylation is 1. The van der Waals surface area contributed by atoms with Gasteiger partial charge in [0.15, 0.2) is 0 Å². The molecule has 0 spiro atoms. The summed E-state index contributed by atoms with van der Waals surface area (Å²) in [6, 6.07) is 9.37. The molecule has 1 amide bonds. The van der Waals surface area contributed by atoms with Crippen molar-refractivity contribution in [1.82, 2.24) is 5.43 Å². The van der Waals surface area contributed by atoms with Crippen LogP contribution >= 0.6 is 31.9 Å². The summed E-state index contributed by atoms with van der Waals surface area (Å²) in [5.74, 6) is 1.04. The highest BCUT2D eigenvalue weighted by Gasteiger charge is 2.10. The average molecular weight is 499 g/mol. The van der Waals surface area contributed by atoms with E-state index in [9.17, 15) is 4.79 Å². The van der Waals surface area contributed by atoms with Crippen LogP contribution in [0.1, 0.15) is 18.1 Å². The minimum absolute atomic E-state index is 0.0801. The molecule has 0 saturated carbocycles. The Morgan fingerprint density at radius 3 is 2.37 bits per heavy atom. The number of nitrogens with one attached hydrogen (secondary N) is 2. The second-order valence-electron chi connectivity index (χ2n) is 5.76. The van der Waals surface area contributed by atoms with Crippen LogP contribution in [0.5, 0.6) is 11.5 Å². The Kier molecular flexibility index (Phi) is 7.67. The first-order valence-corrected chi connectivity index (χ1v) is 9.69. The largest absolute Gasteiger partial charge is 0.497 e. The molecule has 6 nitrogen and oxygen atoms in total. The first-order chi connectivity index (χ1) is 12.8. The molecule has 27 heavy (non-hydrogen) atoms. The highest BCUT2D eigenvalue weighted by Crippen LogP contribution is 2.32. The van der Waals surface area contributed by atoms with E-state index in [1.807, 2.05) is 31.2 Å². The molecule has 0 aliphatic carbocycles. The van der Waals surface area contributed by atoms with Crippen LogP contribution in [0.15, 0.2) is 44.4 Å². The molecule has 0 heterocycles. The number of anilines is 1. The summed E-state index contributed by atoms with van der Waals surface area (Å²) >= 11 is 6.99. The average Bonchev–Trinajstić information content (AvgIpc) is 2.64. The highest BCUT2D eigenvalue weighted by molar-refractivity contribution is 9.11. The quantitative estimate of drug-likeness (QED) is 0.435. The molecule has 2 aromatic carbocycles. The first kappa shape index (κ1) is 21.2. The molecule has 0 bridgehead atoms. The summed E-state index contributed by atoms with van der Waals surface area (Å²) in [4.78, 5) is 12.1. The third-order valence-electron chi connectivity index (χ3n) is 3.76. The van der Waals surface area contributed by atoms with E-state index in [2.05, 4.69) is 47.7 Å². The highest BCUT2D eigenvalue weighted by atomic mass is 79.9. The van der Waals surface area contributed by atoms with Crippen molar-refractivity contribution >= 4 is 49.2 Å². The topological polar surface area (TPSA) is 72.0 Å². The van der Waals surface area contributed by atoms with Crippen LogP contribution in [0.3, 0.4) is 0 Å². The zero-order valence-corrected chi connectivity index (χ0v) is 18.7. The van der Waals surface area contributed by atoms with E-state index in [1.54, 1.807) is 27.2 Å². The summed E-state index contributed by atoms with van der Waals surface area (Å²) in [7, 11) is 3.17. The van der Waals surface area contributed by atoms with Gasteiger partial charge in [0.05, 0.1) is 32.2 Å². The van der Waals surface area contributed by atoms with Gasteiger partial charge in [0, 0.05) is 20.6 Å². The van der Waals surface area contributed by atoms with Gasteiger partial charge in [0.25, 0.3) is 5.91 Å². The van der Waals surface area contributed by atoms with E-state index in [0.29, 0.717) is 17.2 Å². The second kappa shape index (κ2) is 9.75. The van der Waals surface area contributed by atoms with Gasteiger partial charge in [-0.2, -0.15) is 5.10 Å². The number of carbonyl (C=O) groups excluding carboxylic acids is 1. The molecule has 2 N–H and O–H groups in total. The molecule has 8 heteroatoms. The monoisotopic (exact) mass is 497 g/mol. The lowest BCUT2D eigenvalue weighted by Crippen LogP contribution is -2.27. The number of hydrazone groups is 1. The van der Waals surface area contributed by atoms with Gasteiger partial charge < -0.3 is 14.8 Å². The predicted molar refractivity (Wildman–Crippen MR) is 115 cm³/mol. The van der Waals surface area contributed by atoms with Crippen LogP contribution < -0.4 is 20.2 Å². The lowest BCUT2D eigenvalue weighted by atomic mass is 10.1. The van der Waals surface area contributed by atoms with Gasteiger partial charge in [-0.05, 0) is 75.5 Å². The van der Waals surface area contributed by atoms with Crippen molar-refractivity contribution in [3.63, 3.8) is 0 Å². The van der Waals surface area contributed by atoms with E-state index in [1.165, 1.54) is 0 Å². The Labute approximate surface area is 175 Å². The van der Waals surface area contributed by atoms with Crippen molar-refractivity contribution in [1.29, 1.82) is 0 Å². The zero-order chi connectivity index (χ0) is 20.0. The second-order valence-corrected chi connectivity index (χ2v) is 7.46. The van der Waals surface area contributed by atoms with Crippen molar-refractivity contribution in [2.24, 2.45) is 5.10 Å². The van der Waals surface area contributed by atoms with Gasteiger partial charge in [-0.1, -0.05) is 0 Å². The minimum atomic E-state index is -0.263. The number of methoxy groups -OCH3 is 2. The van der Waals surface area contributed by atoms with Gasteiger partial charge in [-0.15, -0.1) is 0 Å². The Bertz CT molecular complexity index is 846. The Balaban J connectivity index is 2.02. The maximum absolute atomic E-state index is 12.1. The number of halogens is 2. The predicted octanol–water partition coefficient (Wildman–Crippen LogP) is 4.49. The lowest BCUT2D eigenvalue weighted by Gasteiger charge is -2.12. The van der Waals surface area contributed by atoms with Crippen molar-refractivity contribution in [2.75, 3.05) is 26.1 Å². The molecule has 144 valence electrons. The maximum atomic E-state index is 12.1. The summed E-state index contributed by atoms with van der Waals surface area (Å²) < 4.78 is 12.3. The number of nitrogens with zero attached hydrogens (tertiary/aromatic N) is 1. The Hall–Kier alpha value is -2.06. The van der Waals surface area contributed by atoms with E-state index >= 15 is 0 Å². The molecular formula is C19H21Br2N3O3. The molecule has 0 aromatic heterocycles. The van der Waals surface area contributed by atoms with Gasteiger partial charge in [-0.3, -0.25) is 4.79 Å². The van der Waals surface area contributed by atoms with Crippen LogP contribution in [0.2, 0.25) is 0 Å². The molecule has 0 saturated heterocycles. The van der Waals surface area contributed by atoms with E-state index in [-0.39, 0.29) is 12.5 Å². The molecular weight excluding hydrogens is 478 g/mol. The van der Waals surface area contributed by atoms with Gasteiger partial charge in [0.1, 0.15) is 11.5 Å². The Morgan fingerprint density at radius 2 is 1.78 bits per heavy atom. The zero-order valence-electron chi connectivity index (χ0n) is 15.5. The summed E-state index contributed by atoms with van der Waals surface area (Å²) in [6.45, 7) is 3.87.